The van der Waals surface area contributed by atoms with Crippen LogP contribution in [-0.2, 0) is 4.79 Å². The summed E-state index contributed by atoms with van der Waals surface area (Å²) in [6, 6.07) is 22.9. The molecule has 0 saturated heterocycles. The number of nitrogens with one attached hydrogen (secondary N) is 1. The molecule has 1 atom stereocenters. The monoisotopic (exact) mass is 367 g/mol. The molecule has 26 heavy (non-hydrogen) atoms. The van der Waals surface area contributed by atoms with E-state index >= 15 is 0 Å². The molecular formula is C21H18FNO2S. The van der Waals surface area contributed by atoms with Gasteiger partial charge in [0.05, 0.1) is 7.11 Å². The molecule has 132 valence electrons. The lowest BCUT2D eigenvalue weighted by atomic mass is 10.1. The number of carbonyl (C=O) groups is 1. The minimum absolute atomic E-state index is 0.154. The van der Waals surface area contributed by atoms with Crippen molar-refractivity contribution in [2.45, 2.75) is 10.1 Å². The molecule has 0 aromatic heterocycles. The second-order valence-corrected chi connectivity index (χ2v) is 6.76. The number of ether oxygens (including phenoxy) is 1. The Labute approximate surface area is 156 Å². The smallest absolute Gasteiger partial charge is 0.242 e. The summed E-state index contributed by atoms with van der Waals surface area (Å²) in [6.45, 7) is 0. The lowest BCUT2D eigenvalue weighted by molar-refractivity contribution is -0.115. The van der Waals surface area contributed by atoms with Crippen LogP contribution in [-0.4, -0.2) is 13.0 Å². The third kappa shape index (κ3) is 4.64. The van der Waals surface area contributed by atoms with Crippen LogP contribution < -0.4 is 10.1 Å². The fourth-order valence-electron chi connectivity index (χ4n) is 2.46. The van der Waals surface area contributed by atoms with E-state index in [4.69, 9.17) is 4.74 Å². The standard InChI is InChI=1S/C21H18FNO2S/c1-25-18-9-5-8-17(14-18)23-21(24)20(15-6-3-2-4-7-15)26-19-12-10-16(22)11-13-19/h2-14,20H,1H3,(H,23,24)/t20-/m0/s1. The normalized spacial score (nSPS) is 11.6. The highest BCUT2D eigenvalue weighted by Gasteiger charge is 2.22. The van der Waals surface area contributed by atoms with E-state index < -0.39 is 5.25 Å². The van der Waals surface area contributed by atoms with Gasteiger partial charge in [0.15, 0.2) is 0 Å². The highest BCUT2D eigenvalue weighted by Crippen LogP contribution is 2.36. The lowest BCUT2D eigenvalue weighted by Gasteiger charge is -2.17. The highest BCUT2D eigenvalue weighted by atomic mass is 32.2. The van der Waals surface area contributed by atoms with Crippen LogP contribution in [0.5, 0.6) is 5.75 Å². The van der Waals surface area contributed by atoms with Crippen LogP contribution in [0.1, 0.15) is 10.8 Å². The summed E-state index contributed by atoms with van der Waals surface area (Å²) in [6.07, 6.45) is 0. The van der Waals surface area contributed by atoms with Gasteiger partial charge in [-0.25, -0.2) is 4.39 Å². The maximum atomic E-state index is 13.2. The molecule has 0 aliphatic carbocycles. The van der Waals surface area contributed by atoms with Crippen molar-refractivity contribution in [1.29, 1.82) is 0 Å². The number of hydrogen-bond donors (Lipinski definition) is 1. The van der Waals surface area contributed by atoms with E-state index in [1.165, 1.54) is 23.9 Å². The molecule has 3 aromatic carbocycles. The highest BCUT2D eigenvalue weighted by molar-refractivity contribution is 8.00. The largest absolute Gasteiger partial charge is 0.497 e. The Morgan fingerprint density at radius 1 is 1.00 bits per heavy atom. The van der Waals surface area contributed by atoms with Crippen molar-refractivity contribution in [1.82, 2.24) is 0 Å². The Morgan fingerprint density at radius 2 is 1.73 bits per heavy atom. The molecule has 0 spiro atoms. The summed E-state index contributed by atoms with van der Waals surface area (Å²) >= 11 is 1.38. The second-order valence-electron chi connectivity index (χ2n) is 5.58. The van der Waals surface area contributed by atoms with Crippen molar-refractivity contribution in [2.24, 2.45) is 0 Å². The summed E-state index contributed by atoms with van der Waals surface area (Å²) in [5.74, 6) is 0.218. The number of benzene rings is 3. The molecule has 1 N–H and O–H groups in total. The molecule has 0 fully saturated rings. The summed E-state index contributed by atoms with van der Waals surface area (Å²) in [4.78, 5) is 13.8. The molecular weight excluding hydrogens is 349 g/mol. The number of hydrogen-bond acceptors (Lipinski definition) is 3. The summed E-state index contributed by atoms with van der Waals surface area (Å²) < 4.78 is 18.4. The van der Waals surface area contributed by atoms with E-state index in [9.17, 15) is 9.18 Å². The average Bonchev–Trinajstić information content (AvgIpc) is 2.68. The molecule has 0 saturated carbocycles. The first kappa shape index (κ1) is 18.0. The van der Waals surface area contributed by atoms with Crippen molar-refractivity contribution in [3.05, 3.63) is 90.2 Å². The summed E-state index contributed by atoms with van der Waals surface area (Å²) in [7, 11) is 1.58. The van der Waals surface area contributed by atoms with Gasteiger partial charge in [0.2, 0.25) is 5.91 Å². The van der Waals surface area contributed by atoms with Gasteiger partial charge in [-0.05, 0) is 42.0 Å². The lowest BCUT2D eigenvalue weighted by Crippen LogP contribution is -2.19. The van der Waals surface area contributed by atoms with Gasteiger partial charge in [-0.2, -0.15) is 0 Å². The van der Waals surface area contributed by atoms with Gasteiger partial charge < -0.3 is 10.1 Å². The van der Waals surface area contributed by atoms with Crippen LogP contribution in [0.15, 0.2) is 83.8 Å². The van der Waals surface area contributed by atoms with E-state index in [0.29, 0.717) is 11.4 Å². The van der Waals surface area contributed by atoms with Gasteiger partial charge >= 0.3 is 0 Å². The Hall–Kier alpha value is -2.79. The SMILES string of the molecule is COc1cccc(NC(=O)[C@@H](Sc2ccc(F)cc2)c2ccccc2)c1. The molecule has 0 bridgehead atoms. The molecule has 0 aliphatic heterocycles. The number of thioether (sulfide) groups is 1. The number of rotatable bonds is 6. The quantitative estimate of drug-likeness (QED) is 0.600. The van der Waals surface area contributed by atoms with E-state index in [2.05, 4.69) is 5.32 Å². The maximum absolute atomic E-state index is 13.2. The topological polar surface area (TPSA) is 38.3 Å². The van der Waals surface area contributed by atoms with Gasteiger partial charge in [0, 0.05) is 16.6 Å². The van der Waals surface area contributed by atoms with Gasteiger partial charge in [0.25, 0.3) is 0 Å². The van der Waals surface area contributed by atoms with Gasteiger partial charge in [-0.3, -0.25) is 4.79 Å². The van der Waals surface area contributed by atoms with Crippen molar-refractivity contribution in [3.8, 4) is 5.75 Å². The van der Waals surface area contributed by atoms with Gasteiger partial charge in [-0.1, -0.05) is 36.4 Å². The molecule has 0 heterocycles. The molecule has 3 nitrogen and oxygen atoms in total. The minimum atomic E-state index is -0.465. The molecule has 3 aromatic rings. The van der Waals surface area contributed by atoms with Crippen LogP contribution in [0.4, 0.5) is 10.1 Å². The van der Waals surface area contributed by atoms with Gasteiger partial charge in [0.1, 0.15) is 16.8 Å². The van der Waals surface area contributed by atoms with Gasteiger partial charge in [-0.15, -0.1) is 11.8 Å². The van der Waals surface area contributed by atoms with E-state index in [0.717, 1.165) is 10.5 Å². The summed E-state index contributed by atoms with van der Waals surface area (Å²) in [5, 5.41) is 2.47. The van der Waals surface area contributed by atoms with E-state index in [-0.39, 0.29) is 11.7 Å². The van der Waals surface area contributed by atoms with Crippen LogP contribution >= 0.6 is 11.8 Å². The predicted octanol–water partition coefficient (Wildman–Crippen LogP) is 5.31. The first-order chi connectivity index (χ1) is 12.7. The fourth-order valence-corrected chi connectivity index (χ4v) is 3.48. The van der Waals surface area contributed by atoms with E-state index in [1.807, 2.05) is 48.5 Å². The first-order valence-electron chi connectivity index (χ1n) is 8.08. The third-order valence-corrected chi connectivity index (χ3v) is 5.01. The van der Waals surface area contributed by atoms with Crippen molar-refractivity contribution in [2.75, 3.05) is 12.4 Å². The zero-order valence-corrected chi connectivity index (χ0v) is 15.0. The Morgan fingerprint density at radius 3 is 2.42 bits per heavy atom. The average molecular weight is 367 g/mol. The maximum Gasteiger partial charge on any atom is 0.242 e. The number of methoxy groups -OCH3 is 1. The number of anilines is 1. The second kappa shape index (κ2) is 8.54. The first-order valence-corrected chi connectivity index (χ1v) is 8.96. The Bertz CT molecular complexity index is 869. The summed E-state index contributed by atoms with van der Waals surface area (Å²) in [5.41, 5.74) is 1.54. The number of halogens is 1. The minimum Gasteiger partial charge on any atom is -0.497 e. The molecule has 0 unspecified atom stereocenters. The molecule has 0 aliphatic rings. The number of carbonyl (C=O) groups excluding carboxylic acids is 1. The Balaban J connectivity index is 1.84. The Kier molecular flexibility index (Phi) is 5.92. The van der Waals surface area contributed by atoms with Crippen LogP contribution in [0.2, 0.25) is 0 Å². The third-order valence-electron chi connectivity index (χ3n) is 3.75. The van der Waals surface area contributed by atoms with Crippen LogP contribution in [0, 0.1) is 5.82 Å². The number of amides is 1. The molecule has 3 rings (SSSR count). The van der Waals surface area contributed by atoms with Crippen LogP contribution in [0.3, 0.4) is 0 Å². The van der Waals surface area contributed by atoms with Crippen molar-refractivity contribution < 1.29 is 13.9 Å². The molecule has 1 amide bonds. The fraction of sp³-hybridized carbons (Fsp3) is 0.0952. The van der Waals surface area contributed by atoms with Crippen molar-refractivity contribution >= 4 is 23.4 Å². The van der Waals surface area contributed by atoms with Crippen molar-refractivity contribution in [3.63, 3.8) is 0 Å². The zero-order chi connectivity index (χ0) is 18.4. The molecule has 5 heteroatoms. The predicted molar refractivity (Wildman–Crippen MR) is 103 cm³/mol. The molecule has 0 radical (unpaired) electrons. The zero-order valence-electron chi connectivity index (χ0n) is 14.2. The van der Waals surface area contributed by atoms with E-state index in [1.54, 1.807) is 25.3 Å². The van der Waals surface area contributed by atoms with Crippen LogP contribution in [0.25, 0.3) is 0 Å².